The fourth-order valence-corrected chi connectivity index (χ4v) is 1.17. The van der Waals surface area contributed by atoms with Crippen LogP contribution in [-0.2, 0) is 0 Å². The van der Waals surface area contributed by atoms with E-state index in [4.69, 9.17) is 9.15 Å². The summed E-state index contributed by atoms with van der Waals surface area (Å²) in [6, 6.07) is 8.48. The average Bonchev–Trinajstić information content (AvgIpc) is 2.16. The van der Waals surface area contributed by atoms with Crippen molar-refractivity contribution >= 4 is 40.5 Å². The van der Waals surface area contributed by atoms with Gasteiger partial charge in [0.2, 0.25) is 0 Å². The second-order valence-corrected chi connectivity index (χ2v) is 2.66. The summed E-state index contributed by atoms with van der Waals surface area (Å²) in [7, 11) is 1.57. The molecule has 4 heteroatoms. The Hall–Kier alpha value is -0.770. The van der Waals surface area contributed by atoms with Crippen molar-refractivity contribution in [3.05, 3.63) is 40.8 Å². The van der Waals surface area contributed by atoms with Crippen LogP contribution in [0.4, 0.5) is 0 Å². The van der Waals surface area contributed by atoms with Gasteiger partial charge in [-0.15, -0.1) is 0 Å². The maximum absolute atomic E-state index is 10.9. The third-order valence-corrected chi connectivity index (χ3v) is 1.83. The summed E-state index contributed by atoms with van der Waals surface area (Å²) in [4.78, 5) is 10.9. The zero-order valence-electron chi connectivity index (χ0n) is 7.11. The SMILES string of the molecule is COc1ccc2ccc(=O)oc2c1.[NaH]. The van der Waals surface area contributed by atoms with Gasteiger partial charge in [0.1, 0.15) is 11.3 Å². The fourth-order valence-electron chi connectivity index (χ4n) is 1.17. The zero-order valence-corrected chi connectivity index (χ0v) is 7.11. The summed E-state index contributed by atoms with van der Waals surface area (Å²) in [6.45, 7) is 0. The third-order valence-electron chi connectivity index (χ3n) is 1.83. The molecule has 0 aliphatic heterocycles. The first-order valence-corrected chi connectivity index (χ1v) is 3.87. The molecule has 1 heterocycles. The Labute approximate surface area is 103 Å². The Morgan fingerprint density at radius 2 is 1.93 bits per heavy atom. The van der Waals surface area contributed by atoms with E-state index in [1.54, 1.807) is 19.2 Å². The molecule has 0 saturated carbocycles. The van der Waals surface area contributed by atoms with E-state index in [9.17, 15) is 4.79 Å². The number of ether oxygens (including phenoxy) is 1. The van der Waals surface area contributed by atoms with Crippen molar-refractivity contribution < 1.29 is 9.15 Å². The van der Waals surface area contributed by atoms with Crippen LogP contribution in [-0.4, -0.2) is 36.7 Å². The molecular weight excluding hydrogens is 191 g/mol. The summed E-state index contributed by atoms with van der Waals surface area (Å²) in [5.74, 6) is 0.682. The van der Waals surface area contributed by atoms with Gasteiger partial charge < -0.3 is 9.15 Å². The van der Waals surface area contributed by atoms with Crippen LogP contribution in [0.5, 0.6) is 5.75 Å². The fraction of sp³-hybridized carbons (Fsp3) is 0.100. The molecule has 2 aromatic rings. The minimum absolute atomic E-state index is 0. The first kappa shape index (κ1) is 11.3. The van der Waals surface area contributed by atoms with Crippen LogP contribution < -0.4 is 10.4 Å². The van der Waals surface area contributed by atoms with Crippen LogP contribution in [0.1, 0.15) is 0 Å². The molecule has 0 atom stereocenters. The van der Waals surface area contributed by atoms with E-state index >= 15 is 0 Å². The van der Waals surface area contributed by atoms with Gasteiger partial charge in [0, 0.05) is 17.5 Å². The average molecular weight is 200 g/mol. The van der Waals surface area contributed by atoms with Crippen molar-refractivity contribution in [2.75, 3.05) is 7.11 Å². The molecular formula is C10H9NaO3. The second-order valence-electron chi connectivity index (χ2n) is 2.66. The summed E-state index contributed by atoms with van der Waals surface area (Å²) in [5.41, 5.74) is 0.201. The van der Waals surface area contributed by atoms with Crippen LogP contribution in [0.15, 0.2) is 39.5 Å². The number of methoxy groups -OCH3 is 1. The molecule has 2 rings (SSSR count). The first-order chi connectivity index (χ1) is 6.29. The molecule has 68 valence electrons. The normalized spacial score (nSPS) is 9.50. The van der Waals surface area contributed by atoms with Gasteiger partial charge in [-0.2, -0.15) is 0 Å². The van der Waals surface area contributed by atoms with Crippen LogP contribution in [0.3, 0.4) is 0 Å². The number of fused-ring (bicyclic) bond motifs is 1. The zero-order chi connectivity index (χ0) is 9.26. The van der Waals surface area contributed by atoms with E-state index in [0.717, 1.165) is 5.39 Å². The van der Waals surface area contributed by atoms with Gasteiger partial charge in [-0.1, -0.05) is 0 Å². The molecule has 0 bridgehead atoms. The van der Waals surface area contributed by atoms with Crippen LogP contribution >= 0.6 is 0 Å². The maximum atomic E-state index is 10.9. The van der Waals surface area contributed by atoms with Gasteiger partial charge in [0.05, 0.1) is 7.11 Å². The van der Waals surface area contributed by atoms with Gasteiger partial charge >= 0.3 is 35.2 Å². The number of rotatable bonds is 1. The Kier molecular flexibility index (Phi) is 3.75. The van der Waals surface area contributed by atoms with Crippen molar-refractivity contribution in [3.8, 4) is 5.75 Å². The van der Waals surface area contributed by atoms with Gasteiger partial charge in [-0.3, -0.25) is 0 Å². The van der Waals surface area contributed by atoms with E-state index < -0.39 is 0 Å². The quantitative estimate of drug-likeness (QED) is 0.512. The summed E-state index contributed by atoms with van der Waals surface area (Å²) in [5, 5.41) is 0.889. The molecule has 1 aromatic heterocycles. The predicted molar refractivity (Wildman–Crippen MR) is 56.2 cm³/mol. The molecule has 0 radical (unpaired) electrons. The summed E-state index contributed by atoms with van der Waals surface area (Å²) >= 11 is 0. The van der Waals surface area contributed by atoms with Gasteiger partial charge in [0.15, 0.2) is 0 Å². The predicted octanol–water partition coefficient (Wildman–Crippen LogP) is 1.15. The van der Waals surface area contributed by atoms with Gasteiger partial charge in [-0.25, -0.2) is 4.79 Å². The Morgan fingerprint density at radius 1 is 1.21 bits per heavy atom. The molecule has 0 saturated heterocycles. The van der Waals surface area contributed by atoms with Gasteiger partial charge in [-0.05, 0) is 18.2 Å². The Morgan fingerprint density at radius 3 is 2.64 bits per heavy atom. The first-order valence-electron chi connectivity index (χ1n) is 3.87. The Bertz CT molecular complexity index is 490. The molecule has 0 unspecified atom stereocenters. The number of hydrogen-bond donors (Lipinski definition) is 0. The van der Waals surface area contributed by atoms with Crippen LogP contribution in [0.2, 0.25) is 0 Å². The monoisotopic (exact) mass is 200 g/mol. The van der Waals surface area contributed by atoms with Crippen molar-refractivity contribution in [1.29, 1.82) is 0 Å². The van der Waals surface area contributed by atoms with Crippen LogP contribution in [0.25, 0.3) is 11.0 Å². The molecule has 3 nitrogen and oxygen atoms in total. The molecule has 0 spiro atoms. The van der Waals surface area contributed by atoms with E-state index in [0.29, 0.717) is 11.3 Å². The Balaban J connectivity index is 0.000000980. The third kappa shape index (κ3) is 2.18. The standard InChI is InChI=1S/C10H8O3.Na.H/c1-12-8-4-2-7-3-5-10(11)13-9(7)6-8;;/h2-6H,1H3;;. The topological polar surface area (TPSA) is 39.4 Å². The molecule has 14 heavy (non-hydrogen) atoms. The van der Waals surface area contributed by atoms with Crippen molar-refractivity contribution in [2.24, 2.45) is 0 Å². The molecule has 0 aliphatic carbocycles. The van der Waals surface area contributed by atoms with Crippen molar-refractivity contribution in [3.63, 3.8) is 0 Å². The van der Waals surface area contributed by atoms with E-state index in [1.807, 2.05) is 12.1 Å². The minimum atomic E-state index is -0.347. The van der Waals surface area contributed by atoms with Crippen LogP contribution in [0, 0.1) is 0 Å². The molecule has 0 N–H and O–H groups in total. The number of benzene rings is 1. The van der Waals surface area contributed by atoms with E-state index in [1.165, 1.54) is 6.07 Å². The van der Waals surface area contributed by atoms with Crippen molar-refractivity contribution in [1.82, 2.24) is 0 Å². The van der Waals surface area contributed by atoms with E-state index in [2.05, 4.69) is 0 Å². The molecule has 0 amide bonds. The van der Waals surface area contributed by atoms with E-state index in [-0.39, 0.29) is 35.2 Å². The summed E-state index contributed by atoms with van der Waals surface area (Å²) in [6.07, 6.45) is 0. The molecule has 1 aromatic carbocycles. The molecule has 0 aliphatic rings. The van der Waals surface area contributed by atoms with Gasteiger partial charge in [0.25, 0.3) is 0 Å². The summed E-state index contributed by atoms with van der Waals surface area (Å²) < 4.78 is 9.97. The molecule has 0 fully saturated rings. The number of hydrogen-bond acceptors (Lipinski definition) is 3. The second kappa shape index (κ2) is 4.64. The van der Waals surface area contributed by atoms with Crippen molar-refractivity contribution in [2.45, 2.75) is 0 Å².